The van der Waals surface area contributed by atoms with Crippen molar-refractivity contribution in [1.29, 1.82) is 0 Å². The molecule has 0 spiro atoms. The number of fused-ring (bicyclic) bond motifs is 3. The van der Waals surface area contributed by atoms with Crippen LogP contribution in [0.5, 0.6) is 0 Å². The number of nitrogens with zero attached hydrogens (tertiary/aromatic N) is 1. The summed E-state index contributed by atoms with van der Waals surface area (Å²) >= 11 is 7.14. The van der Waals surface area contributed by atoms with E-state index in [2.05, 4.69) is 25.8 Å². The Balaban J connectivity index is 2.28. The first-order chi connectivity index (χ1) is 9.54. The van der Waals surface area contributed by atoms with Gasteiger partial charge < -0.3 is 4.98 Å². The van der Waals surface area contributed by atoms with Crippen LogP contribution in [0.4, 0.5) is 0 Å². The number of rotatable bonds is 3. The highest BCUT2D eigenvalue weighted by molar-refractivity contribution is 7.71. The number of hydrogen-bond acceptors (Lipinski definition) is 3. The molecule has 2 unspecified atom stereocenters. The quantitative estimate of drug-likeness (QED) is 0.862. The fraction of sp³-hybridized carbons (Fsp3) is 0.600. The van der Waals surface area contributed by atoms with Gasteiger partial charge in [-0.15, -0.1) is 11.3 Å². The normalized spacial score (nSPS) is 17.4. The third kappa shape index (κ3) is 1.99. The summed E-state index contributed by atoms with van der Waals surface area (Å²) in [5.41, 5.74) is 1.38. The Bertz CT molecular complexity index is 768. The minimum Gasteiger partial charge on any atom is -0.323 e. The second kappa shape index (κ2) is 5.11. The summed E-state index contributed by atoms with van der Waals surface area (Å²) in [7, 11) is 0. The Kier molecular flexibility index (Phi) is 3.58. The minimum absolute atomic E-state index is 0.107. The first-order valence-electron chi connectivity index (χ1n) is 7.33. The predicted octanol–water partition coefficient (Wildman–Crippen LogP) is 4.22. The molecular formula is C15H20N2OS2. The second-order valence-corrected chi connectivity index (χ2v) is 7.28. The molecule has 2 heterocycles. The van der Waals surface area contributed by atoms with Gasteiger partial charge in [0.05, 0.1) is 5.39 Å². The number of thiophene rings is 1. The van der Waals surface area contributed by atoms with Crippen LogP contribution in [0.1, 0.15) is 50.1 Å². The molecule has 2 aromatic heterocycles. The van der Waals surface area contributed by atoms with Crippen molar-refractivity contribution in [1.82, 2.24) is 9.55 Å². The molecule has 0 saturated heterocycles. The number of aromatic amines is 1. The fourth-order valence-electron chi connectivity index (χ4n) is 3.05. The van der Waals surface area contributed by atoms with Crippen LogP contribution in [-0.4, -0.2) is 9.55 Å². The zero-order chi connectivity index (χ0) is 14.4. The summed E-state index contributed by atoms with van der Waals surface area (Å²) in [6.07, 6.45) is 4.36. The lowest BCUT2D eigenvalue weighted by Gasteiger charge is -2.21. The lowest BCUT2D eigenvalue weighted by Crippen LogP contribution is -2.28. The molecule has 20 heavy (non-hydrogen) atoms. The van der Waals surface area contributed by atoms with E-state index < -0.39 is 0 Å². The number of H-pyrrole nitrogens is 1. The van der Waals surface area contributed by atoms with Crippen molar-refractivity contribution < 1.29 is 0 Å². The van der Waals surface area contributed by atoms with Crippen LogP contribution in [0, 0.1) is 10.7 Å². The summed E-state index contributed by atoms with van der Waals surface area (Å²) in [6.45, 7) is 6.42. The Labute approximate surface area is 127 Å². The van der Waals surface area contributed by atoms with Gasteiger partial charge in [-0.3, -0.25) is 9.36 Å². The summed E-state index contributed by atoms with van der Waals surface area (Å²) in [5.74, 6) is 0.437. The monoisotopic (exact) mass is 308 g/mol. The third-order valence-corrected chi connectivity index (χ3v) is 6.17. The zero-order valence-corrected chi connectivity index (χ0v) is 13.8. The predicted molar refractivity (Wildman–Crippen MR) is 87.5 cm³/mol. The summed E-state index contributed by atoms with van der Waals surface area (Å²) in [4.78, 5) is 18.5. The standard InChI is InChI=1S/C15H20N2OS2/c1-4-8(2)9(3)17-14(18)12-10-6-5-7-11(10)20-13(12)16-15(17)19/h8-9H,4-7H2,1-3H3,(H,16,19). The average molecular weight is 308 g/mol. The van der Waals surface area contributed by atoms with Crippen molar-refractivity contribution >= 4 is 33.8 Å². The third-order valence-electron chi connectivity index (χ3n) is 4.67. The molecule has 0 radical (unpaired) electrons. The number of aromatic nitrogens is 2. The van der Waals surface area contributed by atoms with E-state index in [4.69, 9.17) is 12.2 Å². The van der Waals surface area contributed by atoms with Crippen LogP contribution in [-0.2, 0) is 12.8 Å². The molecule has 0 aliphatic heterocycles. The summed E-state index contributed by atoms with van der Waals surface area (Å²) in [6, 6.07) is 0.137. The van der Waals surface area contributed by atoms with E-state index in [1.807, 2.05) is 0 Å². The van der Waals surface area contributed by atoms with Crippen molar-refractivity contribution in [3.05, 3.63) is 25.6 Å². The van der Waals surface area contributed by atoms with E-state index in [1.165, 1.54) is 16.9 Å². The Morgan fingerprint density at radius 1 is 1.40 bits per heavy atom. The molecule has 108 valence electrons. The maximum atomic E-state index is 12.9. The molecule has 1 aliphatic rings. The molecule has 5 heteroatoms. The topological polar surface area (TPSA) is 37.8 Å². The Morgan fingerprint density at radius 2 is 2.15 bits per heavy atom. The van der Waals surface area contributed by atoms with E-state index in [0.29, 0.717) is 10.7 Å². The maximum Gasteiger partial charge on any atom is 0.263 e. The van der Waals surface area contributed by atoms with E-state index in [-0.39, 0.29) is 11.6 Å². The molecule has 1 N–H and O–H groups in total. The molecule has 2 atom stereocenters. The van der Waals surface area contributed by atoms with Gasteiger partial charge in [0.1, 0.15) is 4.83 Å². The molecule has 0 fully saturated rings. The van der Waals surface area contributed by atoms with Gasteiger partial charge in [-0.1, -0.05) is 20.3 Å². The highest BCUT2D eigenvalue weighted by Crippen LogP contribution is 2.35. The van der Waals surface area contributed by atoms with Crippen LogP contribution >= 0.6 is 23.6 Å². The van der Waals surface area contributed by atoms with Gasteiger partial charge in [-0.2, -0.15) is 0 Å². The molecule has 0 amide bonds. The fourth-order valence-corrected chi connectivity index (χ4v) is 4.75. The van der Waals surface area contributed by atoms with Gasteiger partial charge in [0.15, 0.2) is 4.77 Å². The molecular weight excluding hydrogens is 288 g/mol. The van der Waals surface area contributed by atoms with Crippen molar-refractivity contribution in [3.63, 3.8) is 0 Å². The van der Waals surface area contributed by atoms with Gasteiger partial charge in [0.2, 0.25) is 0 Å². The average Bonchev–Trinajstić information content (AvgIpc) is 2.97. The largest absolute Gasteiger partial charge is 0.323 e. The number of aryl methyl sites for hydroxylation is 2. The minimum atomic E-state index is 0.107. The van der Waals surface area contributed by atoms with Crippen LogP contribution in [0.15, 0.2) is 4.79 Å². The van der Waals surface area contributed by atoms with Gasteiger partial charge in [0.25, 0.3) is 5.56 Å². The van der Waals surface area contributed by atoms with E-state index in [9.17, 15) is 4.79 Å². The molecule has 0 aromatic carbocycles. The van der Waals surface area contributed by atoms with Gasteiger partial charge in [0, 0.05) is 10.9 Å². The first kappa shape index (κ1) is 14.0. The molecule has 2 aromatic rings. The van der Waals surface area contributed by atoms with Crippen LogP contribution < -0.4 is 5.56 Å². The van der Waals surface area contributed by atoms with Crippen LogP contribution in [0.25, 0.3) is 10.2 Å². The van der Waals surface area contributed by atoms with Crippen molar-refractivity contribution in [3.8, 4) is 0 Å². The van der Waals surface area contributed by atoms with Gasteiger partial charge >= 0.3 is 0 Å². The van der Waals surface area contributed by atoms with Crippen LogP contribution in [0.3, 0.4) is 0 Å². The lowest BCUT2D eigenvalue weighted by molar-refractivity contribution is 0.357. The summed E-state index contributed by atoms with van der Waals surface area (Å²) < 4.78 is 2.35. The molecule has 3 rings (SSSR count). The van der Waals surface area contributed by atoms with Gasteiger partial charge in [-0.25, -0.2) is 0 Å². The van der Waals surface area contributed by atoms with E-state index >= 15 is 0 Å². The molecule has 0 saturated carbocycles. The molecule has 1 aliphatic carbocycles. The SMILES string of the molecule is CCC(C)C(C)n1c(=S)[nH]c2sc3c(c2c1=O)CCC3. The van der Waals surface area contributed by atoms with Crippen LogP contribution in [0.2, 0.25) is 0 Å². The maximum absolute atomic E-state index is 12.9. The number of nitrogens with one attached hydrogen (secondary N) is 1. The lowest BCUT2D eigenvalue weighted by atomic mass is 10.0. The van der Waals surface area contributed by atoms with Crippen molar-refractivity contribution in [2.75, 3.05) is 0 Å². The first-order valence-corrected chi connectivity index (χ1v) is 8.56. The van der Waals surface area contributed by atoms with E-state index in [1.54, 1.807) is 15.9 Å². The zero-order valence-electron chi connectivity index (χ0n) is 12.2. The Morgan fingerprint density at radius 3 is 2.85 bits per heavy atom. The van der Waals surface area contributed by atoms with Crippen molar-refractivity contribution in [2.45, 2.75) is 52.5 Å². The molecule has 0 bridgehead atoms. The van der Waals surface area contributed by atoms with Gasteiger partial charge in [-0.05, 0) is 49.9 Å². The smallest absolute Gasteiger partial charge is 0.263 e. The van der Waals surface area contributed by atoms with Crippen molar-refractivity contribution in [2.24, 2.45) is 5.92 Å². The van der Waals surface area contributed by atoms with E-state index in [0.717, 1.165) is 29.5 Å². The highest BCUT2D eigenvalue weighted by atomic mass is 32.1. The Hall–Kier alpha value is -0.940. The second-order valence-electron chi connectivity index (χ2n) is 5.79. The summed E-state index contributed by atoms with van der Waals surface area (Å²) in [5, 5.41) is 0.895. The highest BCUT2D eigenvalue weighted by Gasteiger charge is 2.23. The molecule has 3 nitrogen and oxygen atoms in total. The number of hydrogen-bond donors (Lipinski definition) is 1.